The van der Waals surface area contributed by atoms with Crippen molar-refractivity contribution in [3.05, 3.63) is 35.5 Å². The van der Waals surface area contributed by atoms with Crippen LogP contribution in [0.3, 0.4) is 0 Å². The van der Waals surface area contributed by atoms with Crippen molar-refractivity contribution < 1.29 is 9.53 Å². The van der Waals surface area contributed by atoms with Gasteiger partial charge >= 0.3 is 6.09 Å². The Balaban J connectivity index is 1.83. The highest BCUT2D eigenvalue weighted by Crippen LogP contribution is 2.30. The van der Waals surface area contributed by atoms with E-state index < -0.39 is 5.60 Å². The zero-order chi connectivity index (χ0) is 18.2. The predicted octanol–water partition coefficient (Wildman–Crippen LogP) is 3.44. The first-order valence-corrected chi connectivity index (χ1v) is 8.56. The van der Waals surface area contributed by atoms with E-state index in [0.717, 1.165) is 34.6 Å². The first kappa shape index (κ1) is 17.3. The summed E-state index contributed by atoms with van der Waals surface area (Å²) in [7, 11) is 4.04. The lowest BCUT2D eigenvalue weighted by Gasteiger charge is -2.30. The molecule has 0 fully saturated rings. The molecular weight excluding hydrogens is 316 g/mol. The molecule has 3 rings (SSSR count). The Morgan fingerprint density at radius 2 is 1.92 bits per heavy atom. The molecule has 25 heavy (non-hydrogen) atoms. The smallest absolute Gasteiger partial charge is 0.410 e. The van der Waals surface area contributed by atoms with Crippen molar-refractivity contribution in [3.8, 4) is 11.3 Å². The monoisotopic (exact) mass is 342 g/mol. The number of carbonyl (C=O) groups is 1. The van der Waals surface area contributed by atoms with Gasteiger partial charge in [-0.05, 0) is 32.9 Å². The van der Waals surface area contributed by atoms with E-state index in [1.54, 1.807) is 4.90 Å². The molecule has 1 aliphatic rings. The van der Waals surface area contributed by atoms with Gasteiger partial charge in [0.1, 0.15) is 5.60 Å². The minimum atomic E-state index is -0.488. The molecule has 1 amide bonds. The van der Waals surface area contributed by atoms with Crippen molar-refractivity contribution in [3.63, 3.8) is 0 Å². The third-order valence-corrected chi connectivity index (χ3v) is 4.24. The molecular formula is C19H26N4O2. The first-order valence-electron chi connectivity index (χ1n) is 8.56. The number of aromatic nitrogens is 2. The van der Waals surface area contributed by atoms with Crippen molar-refractivity contribution in [2.75, 3.05) is 25.5 Å². The molecule has 1 N–H and O–H groups in total. The summed E-state index contributed by atoms with van der Waals surface area (Å²) in [5.41, 5.74) is 4.80. The van der Waals surface area contributed by atoms with E-state index in [1.165, 1.54) is 0 Å². The fourth-order valence-corrected chi connectivity index (χ4v) is 2.93. The number of aromatic amines is 1. The van der Waals surface area contributed by atoms with E-state index in [2.05, 4.69) is 39.4 Å². The summed E-state index contributed by atoms with van der Waals surface area (Å²) in [5.74, 6) is 0. The molecule has 134 valence electrons. The Morgan fingerprint density at radius 1 is 1.24 bits per heavy atom. The summed E-state index contributed by atoms with van der Waals surface area (Å²) in [6.07, 6.45) is 0.491. The van der Waals surface area contributed by atoms with Crippen LogP contribution in [0.15, 0.2) is 24.3 Å². The van der Waals surface area contributed by atoms with Crippen LogP contribution in [0.25, 0.3) is 11.3 Å². The molecule has 0 saturated heterocycles. The van der Waals surface area contributed by atoms with E-state index in [-0.39, 0.29) is 6.09 Å². The van der Waals surface area contributed by atoms with Gasteiger partial charge in [0.05, 0.1) is 12.2 Å². The summed E-state index contributed by atoms with van der Waals surface area (Å²) in [6, 6.07) is 8.28. The van der Waals surface area contributed by atoms with Crippen LogP contribution in [0.2, 0.25) is 0 Å². The topological polar surface area (TPSA) is 61.5 Å². The SMILES string of the molecule is CN(C)c1ccc(-c2n[nH]c3c2CN(C(=O)OC(C)(C)C)CC3)cc1. The van der Waals surface area contributed by atoms with Gasteiger partial charge in [0, 0.05) is 49.6 Å². The Labute approximate surface area is 148 Å². The highest BCUT2D eigenvalue weighted by atomic mass is 16.6. The fraction of sp³-hybridized carbons (Fsp3) is 0.474. The Kier molecular flexibility index (Phi) is 4.45. The van der Waals surface area contributed by atoms with Gasteiger partial charge in [0.15, 0.2) is 0 Å². The molecule has 2 heterocycles. The maximum absolute atomic E-state index is 12.4. The van der Waals surface area contributed by atoms with Gasteiger partial charge in [-0.15, -0.1) is 0 Å². The van der Waals surface area contributed by atoms with Gasteiger partial charge in [-0.2, -0.15) is 5.10 Å². The van der Waals surface area contributed by atoms with Crippen LogP contribution in [-0.2, 0) is 17.7 Å². The molecule has 0 aliphatic carbocycles. The van der Waals surface area contributed by atoms with Crippen molar-refractivity contribution in [1.82, 2.24) is 15.1 Å². The molecule has 0 unspecified atom stereocenters. The second kappa shape index (κ2) is 6.43. The van der Waals surface area contributed by atoms with Gasteiger partial charge in [-0.3, -0.25) is 5.10 Å². The number of fused-ring (bicyclic) bond motifs is 1. The van der Waals surface area contributed by atoms with Crippen LogP contribution in [0, 0.1) is 0 Å². The summed E-state index contributed by atoms with van der Waals surface area (Å²) >= 11 is 0. The molecule has 0 saturated carbocycles. The van der Waals surface area contributed by atoms with Crippen LogP contribution >= 0.6 is 0 Å². The summed E-state index contributed by atoms with van der Waals surface area (Å²) in [6.45, 7) is 6.82. The van der Waals surface area contributed by atoms with Crippen molar-refractivity contribution in [1.29, 1.82) is 0 Å². The van der Waals surface area contributed by atoms with E-state index >= 15 is 0 Å². The maximum Gasteiger partial charge on any atom is 0.410 e. The van der Waals surface area contributed by atoms with Gasteiger partial charge in [0.2, 0.25) is 0 Å². The number of carbonyl (C=O) groups excluding carboxylic acids is 1. The highest BCUT2D eigenvalue weighted by Gasteiger charge is 2.28. The Bertz CT molecular complexity index is 757. The number of hydrogen-bond donors (Lipinski definition) is 1. The Hall–Kier alpha value is -2.50. The molecule has 0 radical (unpaired) electrons. The number of H-pyrrole nitrogens is 1. The second-order valence-corrected chi connectivity index (χ2v) is 7.62. The van der Waals surface area contributed by atoms with Crippen LogP contribution in [0.1, 0.15) is 32.0 Å². The molecule has 2 aromatic rings. The van der Waals surface area contributed by atoms with E-state index in [0.29, 0.717) is 13.1 Å². The van der Waals surface area contributed by atoms with E-state index in [4.69, 9.17) is 4.74 Å². The minimum absolute atomic E-state index is 0.270. The maximum atomic E-state index is 12.4. The molecule has 0 spiro atoms. The summed E-state index contributed by atoms with van der Waals surface area (Å²) in [5, 5.41) is 7.62. The van der Waals surface area contributed by atoms with Crippen LogP contribution in [-0.4, -0.2) is 47.4 Å². The van der Waals surface area contributed by atoms with E-state index in [1.807, 2.05) is 34.9 Å². The standard InChI is InChI=1S/C19H26N4O2/c1-19(2,3)25-18(24)23-11-10-16-15(12-23)17(21-20-16)13-6-8-14(9-7-13)22(4)5/h6-9H,10-12H2,1-5H3,(H,20,21). The van der Waals surface area contributed by atoms with Crippen LogP contribution < -0.4 is 4.90 Å². The van der Waals surface area contributed by atoms with Gasteiger partial charge < -0.3 is 14.5 Å². The summed E-state index contributed by atoms with van der Waals surface area (Å²) in [4.78, 5) is 16.2. The zero-order valence-electron chi connectivity index (χ0n) is 15.6. The number of ether oxygens (including phenoxy) is 1. The number of amides is 1. The lowest BCUT2D eigenvalue weighted by atomic mass is 10.0. The third-order valence-electron chi connectivity index (χ3n) is 4.24. The van der Waals surface area contributed by atoms with Gasteiger partial charge in [-0.25, -0.2) is 4.79 Å². The number of nitrogens with one attached hydrogen (secondary N) is 1. The first-order chi connectivity index (χ1) is 11.7. The van der Waals surface area contributed by atoms with Crippen LogP contribution in [0.5, 0.6) is 0 Å². The van der Waals surface area contributed by atoms with Crippen molar-refractivity contribution in [2.45, 2.75) is 39.3 Å². The Morgan fingerprint density at radius 3 is 2.52 bits per heavy atom. The average molecular weight is 342 g/mol. The normalized spacial score (nSPS) is 14.2. The predicted molar refractivity (Wildman–Crippen MR) is 98.7 cm³/mol. The minimum Gasteiger partial charge on any atom is -0.444 e. The number of nitrogens with zero attached hydrogens (tertiary/aromatic N) is 3. The molecule has 0 bridgehead atoms. The van der Waals surface area contributed by atoms with Gasteiger partial charge in [0.25, 0.3) is 0 Å². The zero-order valence-corrected chi connectivity index (χ0v) is 15.6. The molecule has 0 atom stereocenters. The lowest BCUT2D eigenvalue weighted by Crippen LogP contribution is -2.39. The molecule has 1 aliphatic heterocycles. The average Bonchev–Trinajstić information content (AvgIpc) is 2.96. The number of rotatable bonds is 2. The molecule has 1 aromatic heterocycles. The van der Waals surface area contributed by atoms with Crippen molar-refractivity contribution in [2.24, 2.45) is 0 Å². The number of hydrogen-bond acceptors (Lipinski definition) is 4. The van der Waals surface area contributed by atoms with Gasteiger partial charge in [-0.1, -0.05) is 12.1 Å². The molecule has 6 heteroatoms. The summed E-state index contributed by atoms with van der Waals surface area (Å²) < 4.78 is 5.51. The number of benzene rings is 1. The lowest BCUT2D eigenvalue weighted by molar-refractivity contribution is 0.0224. The van der Waals surface area contributed by atoms with Crippen molar-refractivity contribution >= 4 is 11.8 Å². The highest BCUT2D eigenvalue weighted by molar-refractivity contribution is 5.71. The second-order valence-electron chi connectivity index (χ2n) is 7.62. The van der Waals surface area contributed by atoms with Crippen LogP contribution in [0.4, 0.5) is 10.5 Å². The quantitative estimate of drug-likeness (QED) is 0.908. The third kappa shape index (κ3) is 3.78. The molecule has 1 aromatic carbocycles. The van der Waals surface area contributed by atoms with E-state index in [9.17, 15) is 4.79 Å². The largest absolute Gasteiger partial charge is 0.444 e. The fourth-order valence-electron chi connectivity index (χ4n) is 2.93. The molecule has 6 nitrogen and oxygen atoms in total. The number of anilines is 1.